The molecule has 0 atom stereocenters. The van der Waals surface area contributed by atoms with Gasteiger partial charge in [0.05, 0.1) is 9.40 Å². The molecule has 0 saturated carbocycles. The van der Waals surface area contributed by atoms with Gasteiger partial charge in [0.2, 0.25) is 0 Å². The Kier molecular flexibility index (Phi) is 4.67. The zero-order valence-electron chi connectivity index (χ0n) is 9.24. The molecule has 0 fully saturated rings. The standard InChI is InChI=1S/C10H14BrN3O2/c1-3-7(4-2)13-10-9(11)5-8(6-12-10)14(15)16/h5-7H,3-4H2,1-2H3,(H,12,13). The van der Waals surface area contributed by atoms with Crippen LogP contribution in [0.2, 0.25) is 0 Å². The number of hydrogen-bond donors (Lipinski definition) is 1. The lowest BCUT2D eigenvalue weighted by Crippen LogP contribution is -2.18. The highest BCUT2D eigenvalue weighted by Crippen LogP contribution is 2.25. The van der Waals surface area contributed by atoms with Crippen LogP contribution in [0.1, 0.15) is 26.7 Å². The van der Waals surface area contributed by atoms with Gasteiger partial charge < -0.3 is 5.32 Å². The lowest BCUT2D eigenvalue weighted by atomic mass is 10.2. The van der Waals surface area contributed by atoms with Crippen LogP contribution in [0.5, 0.6) is 0 Å². The summed E-state index contributed by atoms with van der Waals surface area (Å²) in [6.07, 6.45) is 3.23. The summed E-state index contributed by atoms with van der Waals surface area (Å²) in [6, 6.07) is 1.79. The summed E-state index contributed by atoms with van der Waals surface area (Å²) in [4.78, 5) is 14.1. The minimum absolute atomic E-state index is 0.0121. The minimum atomic E-state index is -0.460. The highest BCUT2D eigenvalue weighted by atomic mass is 79.9. The first-order valence-corrected chi connectivity index (χ1v) is 5.94. The van der Waals surface area contributed by atoms with Crippen molar-refractivity contribution in [2.45, 2.75) is 32.7 Å². The van der Waals surface area contributed by atoms with Crippen LogP contribution < -0.4 is 5.32 Å². The Bertz CT molecular complexity index is 380. The summed E-state index contributed by atoms with van der Waals surface area (Å²) in [7, 11) is 0. The fourth-order valence-corrected chi connectivity index (χ4v) is 1.77. The van der Waals surface area contributed by atoms with E-state index in [-0.39, 0.29) is 5.69 Å². The molecule has 0 aromatic carbocycles. The van der Waals surface area contributed by atoms with Crippen molar-refractivity contribution in [3.8, 4) is 0 Å². The van der Waals surface area contributed by atoms with Gasteiger partial charge in [0.1, 0.15) is 12.0 Å². The number of pyridine rings is 1. The van der Waals surface area contributed by atoms with E-state index < -0.39 is 4.92 Å². The molecular formula is C10H14BrN3O2. The van der Waals surface area contributed by atoms with Gasteiger partial charge in [0, 0.05) is 12.1 Å². The first-order valence-electron chi connectivity index (χ1n) is 5.14. The predicted molar refractivity (Wildman–Crippen MR) is 66.6 cm³/mol. The molecule has 1 heterocycles. The molecule has 16 heavy (non-hydrogen) atoms. The van der Waals surface area contributed by atoms with Gasteiger partial charge in [-0.05, 0) is 28.8 Å². The van der Waals surface area contributed by atoms with E-state index in [1.807, 2.05) is 0 Å². The molecule has 1 aromatic heterocycles. The molecule has 5 nitrogen and oxygen atoms in total. The van der Waals surface area contributed by atoms with Crippen LogP contribution in [0.15, 0.2) is 16.7 Å². The summed E-state index contributed by atoms with van der Waals surface area (Å²) >= 11 is 3.27. The fourth-order valence-electron chi connectivity index (χ4n) is 1.32. The molecule has 1 rings (SSSR count). The van der Waals surface area contributed by atoms with Crippen molar-refractivity contribution < 1.29 is 4.92 Å². The van der Waals surface area contributed by atoms with Crippen molar-refractivity contribution in [3.05, 3.63) is 26.9 Å². The summed E-state index contributed by atoms with van der Waals surface area (Å²) < 4.78 is 0.619. The molecule has 88 valence electrons. The number of nitrogens with zero attached hydrogens (tertiary/aromatic N) is 2. The second-order valence-electron chi connectivity index (χ2n) is 3.44. The predicted octanol–water partition coefficient (Wildman–Crippen LogP) is 3.35. The Morgan fingerprint density at radius 2 is 2.19 bits per heavy atom. The van der Waals surface area contributed by atoms with Crippen molar-refractivity contribution in [2.75, 3.05) is 5.32 Å². The lowest BCUT2D eigenvalue weighted by molar-refractivity contribution is -0.385. The molecule has 0 aliphatic heterocycles. The maximum atomic E-state index is 10.5. The third-order valence-electron chi connectivity index (χ3n) is 2.36. The van der Waals surface area contributed by atoms with Gasteiger partial charge in [-0.15, -0.1) is 0 Å². The minimum Gasteiger partial charge on any atom is -0.366 e. The Labute approximate surface area is 103 Å². The zero-order chi connectivity index (χ0) is 12.1. The maximum Gasteiger partial charge on any atom is 0.288 e. The number of aromatic nitrogens is 1. The van der Waals surface area contributed by atoms with Crippen LogP contribution in [0, 0.1) is 10.1 Å². The Hall–Kier alpha value is -1.17. The van der Waals surface area contributed by atoms with Gasteiger partial charge in [-0.3, -0.25) is 10.1 Å². The summed E-state index contributed by atoms with van der Waals surface area (Å²) in [5, 5.41) is 13.8. The molecule has 0 unspecified atom stereocenters. The Morgan fingerprint density at radius 3 is 2.62 bits per heavy atom. The SMILES string of the molecule is CCC(CC)Nc1ncc([N+](=O)[O-])cc1Br. The molecule has 1 N–H and O–H groups in total. The van der Waals surface area contributed by atoms with Gasteiger partial charge in [0.15, 0.2) is 0 Å². The van der Waals surface area contributed by atoms with Crippen LogP contribution >= 0.6 is 15.9 Å². The fraction of sp³-hybridized carbons (Fsp3) is 0.500. The monoisotopic (exact) mass is 287 g/mol. The van der Waals surface area contributed by atoms with E-state index in [1.54, 1.807) is 0 Å². The van der Waals surface area contributed by atoms with Crippen molar-refractivity contribution in [1.29, 1.82) is 0 Å². The number of anilines is 1. The smallest absolute Gasteiger partial charge is 0.288 e. The van der Waals surface area contributed by atoms with Crippen LogP contribution in [0.25, 0.3) is 0 Å². The summed E-state index contributed by atoms with van der Waals surface area (Å²) in [6.45, 7) is 4.17. The van der Waals surface area contributed by atoms with E-state index in [1.165, 1.54) is 12.3 Å². The molecule has 0 saturated heterocycles. The normalized spacial score (nSPS) is 10.5. The molecule has 6 heteroatoms. The van der Waals surface area contributed by atoms with Gasteiger partial charge in [0.25, 0.3) is 5.69 Å². The quantitative estimate of drug-likeness (QED) is 0.666. The van der Waals surface area contributed by atoms with Gasteiger partial charge in [-0.2, -0.15) is 0 Å². The van der Waals surface area contributed by atoms with E-state index in [2.05, 4.69) is 40.1 Å². The van der Waals surface area contributed by atoms with Gasteiger partial charge in [-0.25, -0.2) is 4.98 Å². The van der Waals surface area contributed by atoms with Gasteiger partial charge in [-0.1, -0.05) is 13.8 Å². The van der Waals surface area contributed by atoms with Crippen molar-refractivity contribution >= 4 is 27.4 Å². The highest BCUT2D eigenvalue weighted by molar-refractivity contribution is 9.10. The lowest BCUT2D eigenvalue weighted by Gasteiger charge is -2.15. The van der Waals surface area contributed by atoms with Crippen molar-refractivity contribution in [1.82, 2.24) is 4.98 Å². The van der Waals surface area contributed by atoms with Crippen molar-refractivity contribution in [3.63, 3.8) is 0 Å². The molecular weight excluding hydrogens is 274 g/mol. The average molecular weight is 288 g/mol. The first-order chi connectivity index (χ1) is 7.58. The Balaban J connectivity index is 2.86. The van der Waals surface area contributed by atoms with Crippen LogP contribution in [0.3, 0.4) is 0 Å². The van der Waals surface area contributed by atoms with E-state index in [0.717, 1.165) is 12.8 Å². The van der Waals surface area contributed by atoms with Gasteiger partial charge >= 0.3 is 0 Å². The van der Waals surface area contributed by atoms with Crippen LogP contribution in [-0.4, -0.2) is 15.9 Å². The van der Waals surface area contributed by atoms with E-state index in [4.69, 9.17) is 0 Å². The number of halogens is 1. The first kappa shape index (κ1) is 12.9. The third-order valence-corrected chi connectivity index (χ3v) is 2.97. The number of hydrogen-bond acceptors (Lipinski definition) is 4. The average Bonchev–Trinajstić information content (AvgIpc) is 2.27. The molecule has 0 radical (unpaired) electrons. The molecule has 0 amide bonds. The topological polar surface area (TPSA) is 68.1 Å². The van der Waals surface area contributed by atoms with E-state index in [9.17, 15) is 10.1 Å². The molecule has 0 aliphatic rings. The summed E-state index contributed by atoms with van der Waals surface area (Å²) in [5.41, 5.74) is -0.0121. The number of rotatable bonds is 5. The second kappa shape index (κ2) is 5.79. The van der Waals surface area contributed by atoms with Crippen molar-refractivity contribution in [2.24, 2.45) is 0 Å². The zero-order valence-corrected chi connectivity index (χ0v) is 10.8. The number of nitro groups is 1. The Morgan fingerprint density at radius 1 is 1.56 bits per heavy atom. The molecule has 1 aromatic rings. The van der Waals surface area contributed by atoms with E-state index in [0.29, 0.717) is 16.3 Å². The summed E-state index contributed by atoms with van der Waals surface area (Å²) in [5.74, 6) is 0.652. The molecule has 0 spiro atoms. The number of nitrogens with one attached hydrogen (secondary N) is 1. The van der Waals surface area contributed by atoms with E-state index >= 15 is 0 Å². The third kappa shape index (κ3) is 3.16. The van der Waals surface area contributed by atoms with Crippen LogP contribution in [-0.2, 0) is 0 Å². The molecule has 0 aliphatic carbocycles. The molecule has 0 bridgehead atoms. The highest BCUT2D eigenvalue weighted by Gasteiger charge is 2.12. The largest absolute Gasteiger partial charge is 0.366 e. The maximum absolute atomic E-state index is 10.5. The second-order valence-corrected chi connectivity index (χ2v) is 4.29. The van der Waals surface area contributed by atoms with Crippen LogP contribution in [0.4, 0.5) is 11.5 Å².